The molecule has 14 heteroatoms. The van der Waals surface area contributed by atoms with Gasteiger partial charge in [-0.25, -0.2) is 0 Å². The van der Waals surface area contributed by atoms with Crippen LogP contribution in [0.4, 0.5) is 0 Å². The van der Waals surface area contributed by atoms with Gasteiger partial charge in [0.15, 0.2) is 17.4 Å². The van der Waals surface area contributed by atoms with Crippen molar-refractivity contribution in [3.05, 3.63) is 86.1 Å². The number of carbonyl (C=O) groups is 2. The van der Waals surface area contributed by atoms with E-state index in [4.69, 9.17) is 125 Å². The number of hydrogen-bond acceptors (Lipinski definition) is 4. The van der Waals surface area contributed by atoms with Gasteiger partial charge in [0.2, 0.25) is 0 Å². The largest absolute Gasteiger partial charge is 0.423 e. The molecule has 0 saturated carbocycles. The first kappa shape index (κ1) is 30.0. The monoisotopic (exact) mass is 686 g/mol. The molecule has 36 heavy (non-hydrogen) atoms. The molecule has 0 saturated heterocycles. The molecule has 0 aromatic heterocycles. The van der Waals surface area contributed by atoms with E-state index in [9.17, 15) is 9.59 Å². The number of hydrogen-bond donors (Lipinski definition) is 0. The van der Waals surface area contributed by atoms with E-state index in [0.717, 1.165) is 0 Å². The van der Waals surface area contributed by atoms with Gasteiger partial charge < -0.3 is 9.47 Å². The molecule has 0 aliphatic heterocycles. The molecule has 3 aromatic rings. The molecule has 0 unspecified atom stereocenters. The summed E-state index contributed by atoms with van der Waals surface area (Å²) < 4.78 is 10.7. The molecule has 0 aliphatic rings. The van der Waals surface area contributed by atoms with Gasteiger partial charge in [-0.05, 0) is 12.0 Å². The first-order valence-electron chi connectivity index (χ1n) is 9.36. The highest BCUT2D eigenvalue weighted by Crippen LogP contribution is 2.50. The fraction of sp³-hybridized carbons (Fsp3) is 0.0909. The maximum Gasteiger partial charge on any atom is 0.326 e. The lowest BCUT2D eigenvalue weighted by molar-refractivity contribution is -0.151. The zero-order valence-corrected chi connectivity index (χ0v) is 24.6. The lowest BCUT2D eigenvalue weighted by Gasteiger charge is -2.19. The zero-order chi connectivity index (χ0) is 26.9. The molecule has 0 N–H and O–H groups in total. The molecule has 0 bridgehead atoms. The molecule has 190 valence electrons. The quantitative estimate of drug-likeness (QED) is 0.0849. The summed E-state index contributed by atoms with van der Waals surface area (Å²) in [7, 11) is 0. The Labute approximate surface area is 255 Å². The summed E-state index contributed by atoms with van der Waals surface area (Å²) >= 11 is 60.7. The van der Waals surface area contributed by atoms with Crippen molar-refractivity contribution in [3.8, 4) is 11.5 Å². The summed E-state index contributed by atoms with van der Waals surface area (Å²) in [5.74, 6) is -4.60. The van der Waals surface area contributed by atoms with Gasteiger partial charge in [0.1, 0.15) is 20.1 Å². The van der Waals surface area contributed by atoms with E-state index in [1.807, 2.05) is 0 Å². The van der Waals surface area contributed by atoms with Crippen LogP contribution in [0, 0.1) is 5.92 Å². The predicted molar refractivity (Wildman–Crippen MR) is 148 cm³/mol. The smallest absolute Gasteiger partial charge is 0.326 e. The second-order valence-electron chi connectivity index (χ2n) is 6.88. The van der Waals surface area contributed by atoms with Crippen molar-refractivity contribution in [1.29, 1.82) is 0 Å². The second-order valence-corrected chi connectivity index (χ2v) is 10.7. The van der Waals surface area contributed by atoms with Crippen molar-refractivity contribution >= 4 is 128 Å². The van der Waals surface area contributed by atoms with E-state index in [1.54, 1.807) is 30.3 Å². The summed E-state index contributed by atoms with van der Waals surface area (Å²) in [6, 6.07) is 8.53. The molecule has 4 nitrogen and oxygen atoms in total. The minimum Gasteiger partial charge on any atom is -0.423 e. The topological polar surface area (TPSA) is 52.6 Å². The minimum atomic E-state index is -1.58. The molecule has 3 rings (SSSR count). The van der Waals surface area contributed by atoms with E-state index in [0.29, 0.717) is 5.56 Å². The van der Waals surface area contributed by atoms with Gasteiger partial charge in [0.05, 0.1) is 30.1 Å². The number of halogens is 10. The van der Waals surface area contributed by atoms with Gasteiger partial charge in [0, 0.05) is 0 Å². The van der Waals surface area contributed by atoms with Gasteiger partial charge in [0.25, 0.3) is 0 Å². The summed E-state index contributed by atoms with van der Waals surface area (Å²) in [6.07, 6.45) is -0.160. The van der Waals surface area contributed by atoms with Crippen molar-refractivity contribution in [2.45, 2.75) is 6.42 Å². The van der Waals surface area contributed by atoms with E-state index in [1.165, 1.54) is 0 Å². The van der Waals surface area contributed by atoms with Crippen LogP contribution < -0.4 is 9.47 Å². The van der Waals surface area contributed by atoms with Crippen LogP contribution in [0.2, 0.25) is 50.2 Å². The maximum atomic E-state index is 13.2. The fourth-order valence-corrected chi connectivity index (χ4v) is 5.20. The Morgan fingerprint density at radius 2 is 0.833 bits per heavy atom. The molecule has 0 fully saturated rings. The second kappa shape index (κ2) is 12.6. The van der Waals surface area contributed by atoms with Crippen LogP contribution in [0.15, 0.2) is 30.3 Å². The van der Waals surface area contributed by atoms with Crippen LogP contribution in [0.3, 0.4) is 0 Å². The summed E-state index contributed by atoms with van der Waals surface area (Å²) in [5.41, 5.74) is 0.588. The highest BCUT2D eigenvalue weighted by Gasteiger charge is 2.35. The average molecular weight is 691 g/mol. The third-order valence-electron chi connectivity index (χ3n) is 4.60. The third-order valence-corrected chi connectivity index (χ3v) is 9.08. The van der Waals surface area contributed by atoms with E-state index >= 15 is 0 Å². The maximum absolute atomic E-state index is 13.2. The normalized spacial score (nSPS) is 11.1. The van der Waals surface area contributed by atoms with Crippen LogP contribution in [0.5, 0.6) is 11.5 Å². The average Bonchev–Trinajstić information content (AvgIpc) is 2.87. The Balaban J connectivity index is 2.02. The van der Waals surface area contributed by atoms with Gasteiger partial charge in [-0.15, -0.1) is 0 Å². The Kier molecular flexibility index (Phi) is 10.5. The number of benzene rings is 3. The Hall–Kier alpha value is -0.500. The molecular formula is C22H8Cl10O4. The van der Waals surface area contributed by atoms with E-state index in [2.05, 4.69) is 0 Å². The zero-order valence-electron chi connectivity index (χ0n) is 17.1. The van der Waals surface area contributed by atoms with Crippen LogP contribution >= 0.6 is 116 Å². The van der Waals surface area contributed by atoms with Gasteiger partial charge in [-0.1, -0.05) is 146 Å². The van der Waals surface area contributed by atoms with Gasteiger partial charge >= 0.3 is 11.9 Å². The minimum absolute atomic E-state index is 0.144. The molecule has 3 aromatic carbocycles. The van der Waals surface area contributed by atoms with Crippen molar-refractivity contribution in [1.82, 2.24) is 0 Å². The van der Waals surface area contributed by atoms with Crippen LogP contribution in [-0.2, 0) is 16.0 Å². The molecule has 0 heterocycles. The Morgan fingerprint density at radius 1 is 0.528 bits per heavy atom. The summed E-state index contributed by atoms with van der Waals surface area (Å²) in [5, 5.41) is -2.29. The third kappa shape index (κ3) is 6.21. The molecule has 0 radical (unpaired) electrons. The predicted octanol–water partition coefficient (Wildman–Crippen LogP) is 10.6. The Morgan fingerprint density at radius 3 is 1.17 bits per heavy atom. The highest BCUT2D eigenvalue weighted by atomic mass is 35.5. The summed E-state index contributed by atoms with van der Waals surface area (Å²) in [6.45, 7) is 0. The van der Waals surface area contributed by atoms with E-state index < -0.39 is 29.4 Å². The SMILES string of the molecule is O=C(Oc1c(Cl)c(Cl)c(Cl)c(Cl)c1Cl)C(Cc1ccccc1)C(=O)Oc1c(Cl)c(Cl)c(Cl)c(Cl)c1Cl. The lowest BCUT2D eigenvalue weighted by Crippen LogP contribution is -2.33. The highest BCUT2D eigenvalue weighted by molar-refractivity contribution is 6.56. The number of carbonyl (C=O) groups excluding carboxylic acids is 2. The van der Waals surface area contributed by atoms with E-state index in [-0.39, 0.29) is 56.6 Å². The van der Waals surface area contributed by atoms with Crippen molar-refractivity contribution < 1.29 is 19.1 Å². The van der Waals surface area contributed by atoms with Crippen molar-refractivity contribution in [3.63, 3.8) is 0 Å². The fourth-order valence-electron chi connectivity index (χ4n) is 2.80. The first-order chi connectivity index (χ1) is 16.9. The number of ether oxygens (including phenoxy) is 2. The summed E-state index contributed by atoms with van der Waals surface area (Å²) in [4.78, 5) is 26.4. The first-order valence-corrected chi connectivity index (χ1v) is 13.1. The number of esters is 2. The van der Waals surface area contributed by atoms with Gasteiger partial charge in [-0.2, -0.15) is 0 Å². The standard InChI is InChI=1S/C22H8Cl10O4/c23-9-11(25)15(29)19(16(30)12(9)26)35-21(33)8(6-7-4-2-1-3-5-7)22(34)36-20-17(31)13(27)10(24)14(28)18(20)32/h1-5,8H,6H2. The van der Waals surface area contributed by atoms with Crippen molar-refractivity contribution in [2.75, 3.05) is 0 Å². The Bertz CT molecular complexity index is 1220. The number of rotatable bonds is 6. The molecule has 0 aliphatic carbocycles. The van der Waals surface area contributed by atoms with Crippen LogP contribution in [0.1, 0.15) is 5.56 Å². The van der Waals surface area contributed by atoms with Crippen LogP contribution in [0.25, 0.3) is 0 Å². The molecule has 0 amide bonds. The molecule has 0 atom stereocenters. The van der Waals surface area contributed by atoms with Crippen LogP contribution in [-0.4, -0.2) is 11.9 Å². The van der Waals surface area contributed by atoms with Crippen molar-refractivity contribution in [2.24, 2.45) is 5.92 Å². The lowest BCUT2D eigenvalue weighted by atomic mass is 9.99. The molecule has 0 spiro atoms. The molecular weight excluding hydrogens is 683 g/mol. The van der Waals surface area contributed by atoms with Gasteiger partial charge in [-0.3, -0.25) is 9.59 Å².